The molecule has 1 aromatic heterocycles. The van der Waals surface area contributed by atoms with E-state index in [2.05, 4.69) is 29.3 Å². The van der Waals surface area contributed by atoms with E-state index in [-0.39, 0.29) is 16.0 Å². The number of rotatable bonds is 4. The second kappa shape index (κ2) is 6.14. The van der Waals surface area contributed by atoms with E-state index in [1.54, 1.807) is 6.20 Å². The first-order valence-corrected chi connectivity index (χ1v) is 7.51. The van der Waals surface area contributed by atoms with Crippen molar-refractivity contribution in [3.8, 4) is 0 Å². The lowest BCUT2D eigenvalue weighted by Gasteiger charge is -2.38. The number of hydrogen-bond acceptors (Lipinski definition) is 4. The fraction of sp³-hybridized carbons (Fsp3) is 0.714. The molecule has 0 atom stereocenters. The topological polar surface area (TPSA) is 50.2 Å². The molecular weight excluding hydrogens is 276 g/mol. The third-order valence-electron chi connectivity index (χ3n) is 4.18. The summed E-state index contributed by atoms with van der Waals surface area (Å²) >= 11 is 6.12. The Kier molecular flexibility index (Phi) is 4.70. The lowest BCUT2D eigenvalue weighted by Crippen LogP contribution is -2.40. The molecule has 0 spiro atoms. The van der Waals surface area contributed by atoms with E-state index in [1.807, 2.05) is 6.92 Å². The van der Waals surface area contributed by atoms with Crippen molar-refractivity contribution in [1.29, 1.82) is 0 Å². The summed E-state index contributed by atoms with van der Waals surface area (Å²) in [7, 11) is 2.15. The number of piperidine rings is 1. The van der Waals surface area contributed by atoms with Crippen molar-refractivity contribution in [2.75, 3.05) is 32.0 Å². The molecular formula is C14H23ClN4O. The molecule has 1 aliphatic rings. The van der Waals surface area contributed by atoms with Gasteiger partial charge < -0.3 is 10.2 Å². The smallest absolute Gasteiger partial charge is 0.287 e. The van der Waals surface area contributed by atoms with Crippen LogP contribution >= 0.6 is 11.6 Å². The largest absolute Gasteiger partial charge is 0.382 e. The van der Waals surface area contributed by atoms with Crippen LogP contribution in [0.25, 0.3) is 0 Å². The molecule has 1 aliphatic heterocycles. The predicted molar refractivity (Wildman–Crippen MR) is 82.5 cm³/mol. The fourth-order valence-electron chi connectivity index (χ4n) is 2.46. The minimum absolute atomic E-state index is 0.229. The summed E-state index contributed by atoms with van der Waals surface area (Å²) in [6.45, 7) is 7.73. The Morgan fingerprint density at radius 1 is 1.45 bits per heavy atom. The van der Waals surface area contributed by atoms with Crippen LogP contribution in [0.3, 0.4) is 0 Å². The lowest BCUT2D eigenvalue weighted by atomic mass is 9.80. The molecule has 0 aromatic carbocycles. The molecule has 0 unspecified atom stereocenters. The van der Waals surface area contributed by atoms with Gasteiger partial charge in [-0.25, -0.2) is 4.68 Å². The Bertz CT molecular complexity index is 520. The Morgan fingerprint density at radius 3 is 2.70 bits per heavy atom. The zero-order chi connectivity index (χ0) is 14.8. The molecule has 0 aliphatic carbocycles. The summed E-state index contributed by atoms with van der Waals surface area (Å²) < 4.78 is 1.37. The highest BCUT2D eigenvalue weighted by molar-refractivity contribution is 6.32. The highest BCUT2D eigenvalue weighted by Gasteiger charge is 2.28. The van der Waals surface area contributed by atoms with E-state index in [0.29, 0.717) is 12.2 Å². The van der Waals surface area contributed by atoms with Crippen LogP contribution in [0.4, 0.5) is 5.69 Å². The fourth-order valence-corrected chi connectivity index (χ4v) is 2.67. The van der Waals surface area contributed by atoms with Crippen LogP contribution < -0.4 is 10.9 Å². The van der Waals surface area contributed by atoms with Gasteiger partial charge in [0.1, 0.15) is 5.02 Å². The Morgan fingerprint density at radius 2 is 2.10 bits per heavy atom. The van der Waals surface area contributed by atoms with E-state index in [1.165, 1.54) is 4.68 Å². The van der Waals surface area contributed by atoms with Crippen LogP contribution in [0, 0.1) is 5.41 Å². The van der Waals surface area contributed by atoms with Crippen LogP contribution in [-0.2, 0) is 6.54 Å². The lowest BCUT2D eigenvalue weighted by molar-refractivity contribution is 0.150. The van der Waals surface area contributed by atoms with Gasteiger partial charge in [0.05, 0.1) is 11.9 Å². The van der Waals surface area contributed by atoms with E-state index in [0.717, 1.165) is 32.5 Å². The van der Waals surface area contributed by atoms with Gasteiger partial charge in [0.25, 0.3) is 5.56 Å². The summed E-state index contributed by atoms with van der Waals surface area (Å²) in [5, 5.41) is 7.64. The molecule has 1 saturated heterocycles. The molecule has 20 heavy (non-hydrogen) atoms. The van der Waals surface area contributed by atoms with Crippen LogP contribution in [0.1, 0.15) is 26.7 Å². The van der Waals surface area contributed by atoms with E-state index in [9.17, 15) is 4.79 Å². The van der Waals surface area contributed by atoms with Gasteiger partial charge in [0, 0.05) is 13.1 Å². The second-order valence-corrected chi connectivity index (χ2v) is 6.34. The maximum absolute atomic E-state index is 11.9. The van der Waals surface area contributed by atoms with Gasteiger partial charge in [0.15, 0.2) is 0 Å². The standard InChI is InChI=1S/C14H23ClN4O/c1-4-19-13(20)12(15)11(9-17-19)16-10-14(2)5-7-18(3)8-6-14/h9,16H,4-8,10H2,1-3H3. The number of hydrogen-bond donors (Lipinski definition) is 1. The van der Waals surface area contributed by atoms with E-state index in [4.69, 9.17) is 11.6 Å². The first kappa shape index (κ1) is 15.3. The quantitative estimate of drug-likeness (QED) is 0.924. The van der Waals surface area contributed by atoms with Crippen molar-refractivity contribution >= 4 is 17.3 Å². The first-order valence-electron chi connectivity index (χ1n) is 7.13. The zero-order valence-electron chi connectivity index (χ0n) is 12.4. The number of anilines is 1. The van der Waals surface area contributed by atoms with Gasteiger partial charge in [-0.3, -0.25) is 4.79 Å². The summed E-state index contributed by atoms with van der Waals surface area (Å²) in [6.07, 6.45) is 3.94. The van der Waals surface area contributed by atoms with Gasteiger partial charge in [-0.2, -0.15) is 5.10 Å². The number of nitrogens with one attached hydrogen (secondary N) is 1. The summed E-state index contributed by atoms with van der Waals surface area (Å²) in [5.41, 5.74) is 0.657. The van der Waals surface area contributed by atoms with Crippen molar-refractivity contribution in [2.24, 2.45) is 5.41 Å². The van der Waals surface area contributed by atoms with Crippen LogP contribution in [0.5, 0.6) is 0 Å². The molecule has 2 rings (SSSR count). The predicted octanol–water partition coefficient (Wildman–Crippen LogP) is 2.06. The van der Waals surface area contributed by atoms with Gasteiger partial charge in [0.2, 0.25) is 0 Å². The number of aromatic nitrogens is 2. The van der Waals surface area contributed by atoms with Crippen molar-refractivity contribution in [3.63, 3.8) is 0 Å². The first-order chi connectivity index (χ1) is 9.45. The van der Waals surface area contributed by atoms with Crippen LogP contribution in [0.15, 0.2) is 11.0 Å². The molecule has 0 amide bonds. The third-order valence-corrected chi connectivity index (χ3v) is 4.55. The molecule has 5 nitrogen and oxygen atoms in total. The van der Waals surface area contributed by atoms with Crippen LogP contribution in [0.2, 0.25) is 5.02 Å². The van der Waals surface area contributed by atoms with Gasteiger partial charge >= 0.3 is 0 Å². The van der Waals surface area contributed by atoms with Gasteiger partial charge in [-0.05, 0) is 45.3 Å². The van der Waals surface area contributed by atoms with Gasteiger partial charge in [-0.1, -0.05) is 18.5 Å². The second-order valence-electron chi connectivity index (χ2n) is 5.96. The maximum Gasteiger partial charge on any atom is 0.287 e. The highest BCUT2D eigenvalue weighted by Crippen LogP contribution is 2.31. The third kappa shape index (κ3) is 3.33. The molecule has 1 aromatic rings. The summed E-state index contributed by atoms with van der Waals surface area (Å²) in [4.78, 5) is 14.3. The Labute approximate surface area is 124 Å². The molecule has 1 N–H and O–H groups in total. The minimum atomic E-state index is -0.229. The zero-order valence-corrected chi connectivity index (χ0v) is 13.2. The molecule has 2 heterocycles. The number of aryl methyl sites for hydroxylation is 1. The summed E-state index contributed by atoms with van der Waals surface area (Å²) in [5.74, 6) is 0. The molecule has 6 heteroatoms. The van der Waals surface area contributed by atoms with Gasteiger partial charge in [-0.15, -0.1) is 0 Å². The molecule has 1 fully saturated rings. The number of likely N-dealkylation sites (tertiary alicyclic amines) is 1. The van der Waals surface area contributed by atoms with Crippen molar-refractivity contribution in [3.05, 3.63) is 21.6 Å². The number of nitrogens with zero attached hydrogens (tertiary/aromatic N) is 3. The van der Waals surface area contributed by atoms with Crippen LogP contribution in [-0.4, -0.2) is 41.4 Å². The van der Waals surface area contributed by atoms with E-state index >= 15 is 0 Å². The Balaban J connectivity index is 2.04. The maximum atomic E-state index is 11.9. The monoisotopic (exact) mass is 298 g/mol. The van der Waals surface area contributed by atoms with Crippen molar-refractivity contribution in [2.45, 2.75) is 33.2 Å². The summed E-state index contributed by atoms with van der Waals surface area (Å²) in [6, 6.07) is 0. The Hall–Kier alpha value is -1.07. The normalized spacial score (nSPS) is 19.0. The molecule has 0 radical (unpaired) electrons. The minimum Gasteiger partial charge on any atom is -0.382 e. The average molecular weight is 299 g/mol. The highest BCUT2D eigenvalue weighted by atomic mass is 35.5. The average Bonchev–Trinajstić information content (AvgIpc) is 2.44. The van der Waals surface area contributed by atoms with Crippen molar-refractivity contribution in [1.82, 2.24) is 14.7 Å². The van der Waals surface area contributed by atoms with E-state index < -0.39 is 0 Å². The van der Waals surface area contributed by atoms with Crippen molar-refractivity contribution < 1.29 is 0 Å². The molecule has 0 bridgehead atoms. The number of halogens is 1. The molecule has 112 valence electrons. The molecule has 0 saturated carbocycles. The SMILES string of the molecule is CCn1ncc(NCC2(C)CCN(C)CC2)c(Cl)c1=O.